The van der Waals surface area contributed by atoms with Gasteiger partial charge >= 0.3 is 0 Å². The van der Waals surface area contributed by atoms with Crippen LogP contribution in [0, 0.1) is 5.92 Å². The van der Waals surface area contributed by atoms with E-state index in [2.05, 4.69) is 31.2 Å². The van der Waals surface area contributed by atoms with Crippen LogP contribution in [0.4, 0.5) is 0 Å². The summed E-state index contributed by atoms with van der Waals surface area (Å²) in [6.07, 6.45) is 2.72. The zero-order valence-electron chi connectivity index (χ0n) is 7.93. The molecule has 2 heteroatoms. The zero-order chi connectivity index (χ0) is 8.27. The highest BCUT2D eigenvalue weighted by molar-refractivity contribution is 4.80. The maximum atomic E-state index is 3.47. The van der Waals surface area contributed by atoms with Crippen LogP contribution in [-0.4, -0.2) is 38.1 Å². The van der Waals surface area contributed by atoms with Crippen LogP contribution in [0.25, 0.3) is 0 Å². The molecule has 0 radical (unpaired) electrons. The van der Waals surface area contributed by atoms with Gasteiger partial charge in [-0.1, -0.05) is 0 Å². The fourth-order valence-electron chi connectivity index (χ4n) is 1.73. The molecule has 1 fully saturated rings. The van der Waals surface area contributed by atoms with Crippen molar-refractivity contribution in [1.82, 2.24) is 10.2 Å². The van der Waals surface area contributed by atoms with Crippen molar-refractivity contribution in [3.63, 3.8) is 0 Å². The van der Waals surface area contributed by atoms with Crippen LogP contribution in [0.2, 0.25) is 0 Å². The third kappa shape index (κ3) is 2.80. The monoisotopic (exact) mass is 156 g/mol. The van der Waals surface area contributed by atoms with Crippen molar-refractivity contribution in [2.75, 3.05) is 27.2 Å². The highest BCUT2D eigenvalue weighted by Gasteiger charge is 2.21. The third-order valence-corrected chi connectivity index (χ3v) is 2.64. The Balaban J connectivity index is 2.15. The van der Waals surface area contributed by atoms with E-state index in [4.69, 9.17) is 0 Å². The fraction of sp³-hybridized carbons (Fsp3) is 1.00. The minimum atomic E-state index is 0.745. The first kappa shape index (κ1) is 9.01. The lowest BCUT2D eigenvalue weighted by molar-refractivity contribution is 0.337. The van der Waals surface area contributed by atoms with Crippen LogP contribution < -0.4 is 5.32 Å². The fourth-order valence-corrected chi connectivity index (χ4v) is 1.73. The van der Waals surface area contributed by atoms with E-state index >= 15 is 0 Å². The average molecular weight is 156 g/mol. The molecule has 1 aliphatic rings. The largest absolute Gasteiger partial charge is 0.314 e. The SMILES string of the molecule is CC1NCCC1CCN(C)C. The average Bonchev–Trinajstić information content (AvgIpc) is 2.31. The summed E-state index contributed by atoms with van der Waals surface area (Å²) in [4.78, 5) is 2.27. The van der Waals surface area contributed by atoms with Crippen molar-refractivity contribution in [3.8, 4) is 0 Å². The zero-order valence-corrected chi connectivity index (χ0v) is 7.93. The molecule has 0 bridgehead atoms. The molecule has 1 rings (SSSR count). The molecule has 0 amide bonds. The molecule has 0 aliphatic carbocycles. The van der Waals surface area contributed by atoms with E-state index < -0.39 is 0 Å². The minimum Gasteiger partial charge on any atom is -0.314 e. The molecule has 1 N–H and O–H groups in total. The van der Waals surface area contributed by atoms with Gasteiger partial charge in [-0.05, 0) is 52.9 Å². The van der Waals surface area contributed by atoms with Crippen molar-refractivity contribution in [2.45, 2.75) is 25.8 Å². The van der Waals surface area contributed by atoms with E-state index in [1.807, 2.05) is 0 Å². The van der Waals surface area contributed by atoms with Crippen LogP contribution in [0.3, 0.4) is 0 Å². The second-order valence-electron chi connectivity index (χ2n) is 3.88. The van der Waals surface area contributed by atoms with E-state index in [9.17, 15) is 0 Å². The van der Waals surface area contributed by atoms with Gasteiger partial charge in [-0.15, -0.1) is 0 Å². The second kappa shape index (κ2) is 4.07. The van der Waals surface area contributed by atoms with Gasteiger partial charge in [-0.2, -0.15) is 0 Å². The number of hydrogen-bond donors (Lipinski definition) is 1. The molecule has 11 heavy (non-hydrogen) atoms. The Morgan fingerprint density at radius 3 is 2.64 bits per heavy atom. The Bertz CT molecular complexity index is 112. The predicted octanol–water partition coefficient (Wildman–Crippen LogP) is 0.936. The molecule has 66 valence electrons. The first-order valence-corrected chi connectivity index (χ1v) is 4.58. The molecular weight excluding hydrogens is 136 g/mol. The number of nitrogens with zero attached hydrogens (tertiary/aromatic N) is 1. The van der Waals surface area contributed by atoms with Gasteiger partial charge in [-0.3, -0.25) is 0 Å². The maximum absolute atomic E-state index is 3.47. The topological polar surface area (TPSA) is 15.3 Å². The van der Waals surface area contributed by atoms with E-state index in [1.165, 1.54) is 25.9 Å². The molecule has 0 spiro atoms. The summed E-state index contributed by atoms with van der Waals surface area (Å²) in [5, 5.41) is 3.47. The Kier molecular flexibility index (Phi) is 3.34. The smallest absolute Gasteiger partial charge is 0.00679 e. The predicted molar refractivity (Wildman–Crippen MR) is 48.7 cm³/mol. The van der Waals surface area contributed by atoms with Crippen LogP contribution in [-0.2, 0) is 0 Å². The van der Waals surface area contributed by atoms with E-state index in [0.717, 1.165) is 12.0 Å². The lowest BCUT2D eigenvalue weighted by Crippen LogP contribution is -2.25. The lowest BCUT2D eigenvalue weighted by Gasteiger charge is -2.17. The van der Waals surface area contributed by atoms with Crippen molar-refractivity contribution >= 4 is 0 Å². The first-order valence-electron chi connectivity index (χ1n) is 4.58. The van der Waals surface area contributed by atoms with Gasteiger partial charge in [0.1, 0.15) is 0 Å². The van der Waals surface area contributed by atoms with Gasteiger partial charge in [0.05, 0.1) is 0 Å². The van der Waals surface area contributed by atoms with Crippen LogP contribution in [0.1, 0.15) is 19.8 Å². The summed E-state index contributed by atoms with van der Waals surface area (Å²) < 4.78 is 0. The van der Waals surface area contributed by atoms with Gasteiger partial charge in [0, 0.05) is 6.04 Å². The molecule has 1 saturated heterocycles. The maximum Gasteiger partial charge on any atom is 0.00679 e. The van der Waals surface area contributed by atoms with Crippen LogP contribution >= 0.6 is 0 Å². The molecule has 0 aromatic carbocycles. The normalized spacial score (nSPS) is 31.6. The third-order valence-electron chi connectivity index (χ3n) is 2.64. The molecule has 0 saturated carbocycles. The van der Waals surface area contributed by atoms with Crippen LogP contribution in [0.15, 0.2) is 0 Å². The second-order valence-corrected chi connectivity index (χ2v) is 3.88. The number of rotatable bonds is 3. The summed E-state index contributed by atoms with van der Waals surface area (Å²) in [7, 11) is 4.29. The Labute approximate surface area is 70.0 Å². The number of nitrogens with one attached hydrogen (secondary N) is 1. The number of hydrogen-bond acceptors (Lipinski definition) is 2. The van der Waals surface area contributed by atoms with E-state index in [0.29, 0.717) is 0 Å². The van der Waals surface area contributed by atoms with E-state index in [-0.39, 0.29) is 0 Å². The molecule has 0 aromatic rings. The molecule has 2 atom stereocenters. The Morgan fingerprint density at radius 2 is 2.18 bits per heavy atom. The summed E-state index contributed by atoms with van der Waals surface area (Å²) in [6, 6.07) is 0.745. The Morgan fingerprint density at radius 1 is 1.45 bits per heavy atom. The molecular formula is C9H20N2. The summed E-state index contributed by atoms with van der Waals surface area (Å²) in [5.41, 5.74) is 0. The summed E-state index contributed by atoms with van der Waals surface area (Å²) in [6.45, 7) is 4.75. The van der Waals surface area contributed by atoms with Crippen molar-refractivity contribution in [1.29, 1.82) is 0 Å². The highest BCUT2D eigenvalue weighted by Crippen LogP contribution is 2.18. The summed E-state index contributed by atoms with van der Waals surface area (Å²) in [5.74, 6) is 0.914. The molecule has 2 unspecified atom stereocenters. The van der Waals surface area contributed by atoms with Gasteiger partial charge in [0.15, 0.2) is 0 Å². The van der Waals surface area contributed by atoms with Gasteiger partial charge in [-0.25, -0.2) is 0 Å². The summed E-state index contributed by atoms with van der Waals surface area (Å²) >= 11 is 0. The van der Waals surface area contributed by atoms with Gasteiger partial charge in [0.2, 0.25) is 0 Å². The minimum absolute atomic E-state index is 0.745. The van der Waals surface area contributed by atoms with Gasteiger partial charge in [0.25, 0.3) is 0 Å². The van der Waals surface area contributed by atoms with E-state index in [1.54, 1.807) is 0 Å². The van der Waals surface area contributed by atoms with Crippen LogP contribution in [0.5, 0.6) is 0 Å². The van der Waals surface area contributed by atoms with Crippen molar-refractivity contribution in [3.05, 3.63) is 0 Å². The standard InChI is InChI=1S/C9H20N2/c1-8-9(4-6-10-8)5-7-11(2)3/h8-10H,4-7H2,1-3H3. The first-order chi connectivity index (χ1) is 5.20. The van der Waals surface area contributed by atoms with Crippen molar-refractivity contribution in [2.24, 2.45) is 5.92 Å². The Hall–Kier alpha value is -0.0800. The highest BCUT2D eigenvalue weighted by atomic mass is 15.1. The van der Waals surface area contributed by atoms with Gasteiger partial charge < -0.3 is 10.2 Å². The lowest BCUT2D eigenvalue weighted by atomic mass is 9.98. The quantitative estimate of drug-likeness (QED) is 0.654. The molecule has 0 aromatic heterocycles. The van der Waals surface area contributed by atoms with Crippen molar-refractivity contribution < 1.29 is 0 Å². The molecule has 2 nitrogen and oxygen atoms in total. The molecule has 1 aliphatic heterocycles. The molecule has 1 heterocycles.